The van der Waals surface area contributed by atoms with E-state index in [-0.39, 0.29) is 11.6 Å². The number of rotatable bonds is 2. The summed E-state index contributed by atoms with van der Waals surface area (Å²) in [6.45, 7) is 1.47. The van der Waals surface area contributed by atoms with Crippen LogP contribution in [0.1, 0.15) is 17.3 Å². The van der Waals surface area contributed by atoms with Crippen LogP contribution < -0.4 is 0 Å². The SMILES string of the molecule is CC(=O)c1ccc(F)c(-c2cncc3ccccc23)c1. The van der Waals surface area contributed by atoms with Crippen LogP contribution >= 0.6 is 0 Å². The lowest BCUT2D eigenvalue weighted by Gasteiger charge is -2.08. The average molecular weight is 265 g/mol. The molecule has 3 heteroatoms. The quantitative estimate of drug-likeness (QED) is 0.648. The van der Waals surface area contributed by atoms with E-state index in [0.717, 1.165) is 10.8 Å². The van der Waals surface area contributed by atoms with E-state index in [9.17, 15) is 9.18 Å². The number of nitrogens with zero attached hydrogens (tertiary/aromatic N) is 1. The van der Waals surface area contributed by atoms with E-state index in [1.54, 1.807) is 18.5 Å². The van der Waals surface area contributed by atoms with Crippen molar-refractivity contribution in [3.05, 3.63) is 66.2 Å². The highest BCUT2D eigenvalue weighted by Gasteiger charge is 2.11. The Kier molecular flexibility index (Phi) is 3.03. The van der Waals surface area contributed by atoms with Gasteiger partial charge in [0.25, 0.3) is 0 Å². The molecule has 0 radical (unpaired) electrons. The maximum Gasteiger partial charge on any atom is 0.159 e. The number of halogens is 1. The van der Waals surface area contributed by atoms with Crippen molar-refractivity contribution >= 4 is 16.6 Å². The second kappa shape index (κ2) is 4.85. The van der Waals surface area contributed by atoms with Crippen LogP contribution in [0, 0.1) is 5.82 Å². The van der Waals surface area contributed by atoms with Crippen molar-refractivity contribution in [2.24, 2.45) is 0 Å². The molecule has 0 N–H and O–H groups in total. The van der Waals surface area contributed by atoms with Gasteiger partial charge in [-0.15, -0.1) is 0 Å². The van der Waals surface area contributed by atoms with Crippen LogP contribution in [-0.2, 0) is 0 Å². The Hall–Kier alpha value is -2.55. The fourth-order valence-electron chi connectivity index (χ4n) is 2.28. The highest BCUT2D eigenvalue weighted by molar-refractivity contribution is 5.99. The molecule has 20 heavy (non-hydrogen) atoms. The number of hydrogen-bond donors (Lipinski definition) is 0. The molecule has 0 fully saturated rings. The van der Waals surface area contributed by atoms with Crippen LogP contribution in [0.15, 0.2) is 54.9 Å². The Labute approximate surface area is 115 Å². The normalized spacial score (nSPS) is 10.7. The first-order valence-corrected chi connectivity index (χ1v) is 6.30. The summed E-state index contributed by atoms with van der Waals surface area (Å²) in [4.78, 5) is 15.6. The first-order chi connectivity index (χ1) is 9.66. The van der Waals surface area contributed by atoms with Crippen molar-refractivity contribution < 1.29 is 9.18 Å². The fourth-order valence-corrected chi connectivity index (χ4v) is 2.28. The number of aromatic nitrogens is 1. The van der Waals surface area contributed by atoms with Crippen LogP contribution in [0.4, 0.5) is 4.39 Å². The minimum Gasteiger partial charge on any atom is -0.295 e. The molecule has 0 aliphatic rings. The lowest BCUT2D eigenvalue weighted by atomic mass is 9.98. The number of benzene rings is 2. The van der Waals surface area contributed by atoms with Crippen molar-refractivity contribution in [1.82, 2.24) is 4.98 Å². The maximum absolute atomic E-state index is 14.1. The number of ketones is 1. The van der Waals surface area contributed by atoms with Gasteiger partial charge in [0.2, 0.25) is 0 Å². The lowest BCUT2D eigenvalue weighted by molar-refractivity contribution is 0.101. The van der Waals surface area contributed by atoms with E-state index in [4.69, 9.17) is 0 Å². The van der Waals surface area contributed by atoms with Gasteiger partial charge < -0.3 is 0 Å². The second-order valence-electron chi connectivity index (χ2n) is 4.66. The highest BCUT2D eigenvalue weighted by atomic mass is 19.1. The zero-order valence-electron chi connectivity index (χ0n) is 10.9. The van der Waals surface area contributed by atoms with E-state index in [0.29, 0.717) is 16.7 Å². The summed E-state index contributed by atoms with van der Waals surface area (Å²) < 4.78 is 14.1. The van der Waals surface area contributed by atoms with Gasteiger partial charge in [-0.3, -0.25) is 9.78 Å². The monoisotopic (exact) mass is 265 g/mol. The van der Waals surface area contributed by atoms with Gasteiger partial charge in [-0.05, 0) is 30.5 Å². The van der Waals surface area contributed by atoms with Gasteiger partial charge in [0, 0.05) is 34.5 Å². The molecule has 0 unspecified atom stereocenters. The van der Waals surface area contributed by atoms with Crippen molar-refractivity contribution in [3.63, 3.8) is 0 Å². The van der Waals surface area contributed by atoms with Crippen LogP contribution in [-0.4, -0.2) is 10.8 Å². The molecule has 1 heterocycles. The maximum atomic E-state index is 14.1. The molecule has 0 aliphatic heterocycles. The molecular weight excluding hydrogens is 253 g/mol. The number of carbonyl (C=O) groups is 1. The Morgan fingerprint density at radius 1 is 1.05 bits per heavy atom. The molecule has 2 aromatic carbocycles. The van der Waals surface area contributed by atoms with E-state index >= 15 is 0 Å². The second-order valence-corrected chi connectivity index (χ2v) is 4.66. The molecule has 1 aromatic heterocycles. The lowest BCUT2D eigenvalue weighted by Crippen LogP contribution is -1.95. The number of Topliss-reactive ketones (excluding diaryl/α,β-unsaturated/α-hetero) is 1. The predicted octanol–water partition coefficient (Wildman–Crippen LogP) is 4.24. The molecule has 0 amide bonds. The number of carbonyl (C=O) groups excluding carboxylic acids is 1. The van der Waals surface area contributed by atoms with Gasteiger partial charge in [-0.2, -0.15) is 0 Å². The number of hydrogen-bond acceptors (Lipinski definition) is 2. The third-order valence-electron chi connectivity index (χ3n) is 3.33. The number of pyridine rings is 1. The minimum absolute atomic E-state index is 0.0838. The van der Waals surface area contributed by atoms with Gasteiger partial charge in [0.05, 0.1) is 0 Å². The van der Waals surface area contributed by atoms with Crippen molar-refractivity contribution in [3.8, 4) is 11.1 Å². The van der Waals surface area contributed by atoms with Gasteiger partial charge in [0.1, 0.15) is 5.82 Å². The highest BCUT2D eigenvalue weighted by Crippen LogP contribution is 2.30. The predicted molar refractivity (Wildman–Crippen MR) is 77.1 cm³/mol. The zero-order valence-corrected chi connectivity index (χ0v) is 10.9. The Morgan fingerprint density at radius 3 is 2.65 bits per heavy atom. The summed E-state index contributed by atoms with van der Waals surface area (Å²) in [5, 5.41) is 1.86. The molecule has 3 rings (SSSR count). The summed E-state index contributed by atoms with van der Waals surface area (Å²) in [6, 6.07) is 12.1. The summed E-state index contributed by atoms with van der Waals surface area (Å²) in [5.41, 5.74) is 1.60. The van der Waals surface area contributed by atoms with Crippen LogP contribution in [0.5, 0.6) is 0 Å². The summed E-state index contributed by atoms with van der Waals surface area (Å²) in [5.74, 6) is -0.437. The number of fused-ring (bicyclic) bond motifs is 1. The van der Waals surface area contributed by atoms with Gasteiger partial charge >= 0.3 is 0 Å². The fraction of sp³-hybridized carbons (Fsp3) is 0.0588. The van der Waals surface area contributed by atoms with Crippen LogP contribution in [0.2, 0.25) is 0 Å². The smallest absolute Gasteiger partial charge is 0.159 e. The van der Waals surface area contributed by atoms with Gasteiger partial charge in [0.15, 0.2) is 5.78 Å². The summed E-state index contributed by atoms with van der Waals surface area (Å²) in [6.07, 6.45) is 3.37. The van der Waals surface area contributed by atoms with Crippen molar-refractivity contribution in [2.45, 2.75) is 6.92 Å². The molecule has 2 nitrogen and oxygen atoms in total. The molecular formula is C17H12FNO. The van der Waals surface area contributed by atoms with Crippen LogP contribution in [0.25, 0.3) is 21.9 Å². The minimum atomic E-state index is -0.354. The molecule has 0 saturated carbocycles. The first-order valence-electron chi connectivity index (χ1n) is 6.30. The molecule has 0 saturated heterocycles. The van der Waals surface area contributed by atoms with E-state index in [2.05, 4.69) is 4.98 Å². The van der Waals surface area contributed by atoms with Gasteiger partial charge in [-0.1, -0.05) is 24.3 Å². The third-order valence-corrected chi connectivity index (χ3v) is 3.33. The molecule has 0 aliphatic carbocycles. The van der Waals surface area contributed by atoms with E-state index < -0.39 is 0 Å². The molecule has 98 valence electrons. The Bertz CT molecular complexity index is 806. The standard InChI is InChI=1S/C17H12FNO/c1-11(20)12-6-7-17(18)15(8-12)16-10-19-9-13-4-2-3-5-14(13)16/h2-10H,1H3. The molecule has 0 atom stereocenters. The molecule has 0 spiro atoms. The van der Waals surface area contributed by atoms with Gasteiger partial charge in [-0.25, -0.2) is 4.39 Å². The van der Waals surface area contributed by atoms with E-state index in [1.807, 2.05) is 24.3 Å². The Morgan fingerprint density at radius 2 is 1.85 bits per heavy atom. The summed E-state index contributed by atoms with van der Waals surface area (Å²) in [7, 11) is 0. The average Bonchev–Trinajstić information content (AvgIpc) is 2.47. The third kappa shape index (κ3) is 2.07. The first kappa shape index (κ1) is 12.5. The Balaban J connectivity index is 2.30. The van der Waals surface area contributed by atoms with Crippen LogP contribution in [0.3, 0.4) is 0 Å². The largest absolute Gasteiger partial charge is 0.295 e. The zero-order chi connectivity index (χ0) is 14.1. The molecule has 3 aromatic rings. The topological polar surface area (TPSA) is 30.0 Å². The van der Waals surface area contributed by atoms with E-state index in [1.165, 1.54) is 19.1 Å². The van der Waals surface area contributed by atoms with Crippen molar-refractivity contribution in [2.75, 3.05) is 0 Å². The van der Waals surface area contributed by atoms with Crippen molar-refractivity contribution in [1.29, 1.82) is 0 Å². The summed E-state index contributed by atoms with van der Waals surface area (Å²) >= 11 is 0. The molecule has 0 bridgehead atoms.